The first-order chi connectivity index (χ1) is 7.45. The van der Waals surface area contributed by atoms with E-state index in [1.165, 1.54) is 0 Å². The van der Waals surface area contributed by atoms with E-state index in [4.69, 9.17) is 11.6 Å². The van der Waals surface area contributed by atoms with Gasteiger partial charge in [-0.3, -0.25) is 0 Å². The van der Waals surface area contributed by atoms with Crippen LogP contribution in [0.4, 0.5) is 0 Å². The van der Waals surface area contributed by atoms with Gasteiger partial charge in [-0.1, -0.05) is 39.3 Å². The van der Waals surface area contributed by atoms with Gasteiger partial charge in [0.15, 0.2) is 0 Å². The third-order valence-corrected chi connectivity index (χ3v) is 4.28. The average Bonchev–Trinajstić information content (AvgIpc) is 2.22. The fourth-order valence-electron chi connectivity index (χ4n) is 1.41. The Hall–Kier alpha value is 0.1000. The Bertz CT molecular complexity index is 366. The highest BCUT2D eigenvalue weighted by atomic mass is 127. The fraction of sp³-hybridized carbons (Fsp3) is 0.667. The Morgan fingerprint density at radius 3 is 2.38 bits per heavy atom. The van der Waals surface area contributed by atoms with Crippen LogP contribution in [0.3, 0.4) is 0 Å². The zero-order chi connectivity index (χ0) is 12.3. The number of hydrogen-bond acceptors (Lipinski definition) is 2. The quantitative estimate of drug-likeness (QED) is 0.591. The summed E-state index contributed by atoms with van der Waals surface area (Å²) >= 11 is 8.38. The van der Waals surface area contributed by atoms with Crippen LogP contribution in [0.15, 0.2) is 0 Å². The summed E-state index contributed by atoms with van der Waals surface area (Å²) in [4.78, 5) is 9.00. The topological polar surface area (TPSA) is 25.8 Å². The fourth-order valence-corrected chi connectivity index (χ4v) is 2.06. The van der Waals surface area contributed by atoms with E-state index in [0.717, 1.165) is 27.9 Å². The molecule has 0 radical (unpaired) electrons. The van der Waals surface area contributed by atoms with Gasteiger partial charge in [0.25, 0.3) is 0 Å². The second kappa shape index (κ2) is 6.15. The predicted octanol–water partition coefficient (Wildman–Crippen LogP) is 4.45. The highest BCUT2D eigenvalue weighted by Gasteiger charge is 2.14. The molecule has 1 aromatic heterocycles. The third kappa shape index (κ3) is 3.55. The van der Waals surface area contributed by atoms with E-state index < -0.39 is 0 Å². The Morgan fingerprint density at radius 1 is 1.25 bits per heavy atom. The van der Waals surface area contributed by atoms with E-state index in [2.05, 4.69) is 60.3 Å². The van der Waals surface area contributed by atoms with E-state index in [1.54, 1.807) is 0 Å². The first-order valence-electron chi connectivity index (χ1n) is 5.67. The minimum Gasteiger partial charge on any atom is -0.236 e. The molecule has 0 aliphatic carbocycles. The molecule has 0 aromatic carbocycles. The summed E-state index contributed by atoms with van der Waals surface area (Å²) in [7, 11) is 0. The molecule has 0 fully saturated rings. The second-order valence-corrected chi connectivity index (χ2v) is 5.98. The van der Waals surface area contributed by atoms with Crippen molar-refractivity contribution in [2.75, 3.05) is 0 Å². The number of nitrogens with zero attached hydrogens (tertiary/aromatic N) is 2. The molecule has 0 aliphatic rings. The van der Waals surface area contributed by atoms with Gasteiger partial charge in [0, 0.05) is 5.92 Å². The van der Waals surface area contributed by atoms with E-state index in [0.29, 0.717) is 17.0 Å². The minimum absolute atomic E-state index is 0.375. The summed E-state index contributed by atoms with van der Waals surface area (Å²) in [5.41, 5.74) is 1.09. The van der Waals surface area contributed by atoms with Gasteiger partial charge in [-0.2, -0.15) is 0 Å². The van der Waals surface area contributed by atoms with E-state index in [-0.39, 0.29) is 0 Å². The molecule has 1 heterocycles. The Morgan fingerprint density at radius 2 is 1.88 bits per heavy atom. The Balaban J connectivity index is 3.11. The summed E-state index contributed by atoms with van der Waals surface area (Å²) in [5.74, 6) is 1.84. The van der Waals surface area contributed by atoms with E-state index >= 15 is 0 Å². The van der Waals surface area contributed by atoms with Gasteiger partial charge in [-0.05, 0) is 41.4 Å². The number of rotatable bonds is 4. The zero-order valence-electron chi connectivity index (χ0n) is 10.2. The van der Waals surface area contributed by atoms with Crippen molar-refractivity contribution in [3.8, 4) is 0 Å². The lowest BCUT2D eigenvalue weighted by Crippen LogP contribution is -2.08. The first kappa shape index (κ1) is 14.2. The van der Waals surface area contributed by atoms with Gasteiger partial charge in [0.05, 0.1) is 9.26 Å². The van der Waals surface area contributed by atoms with Crippen molar-refractivity contribution in [3.63, 3.8) is 0 Å². The lowest BCUT2D eigenvalue weighted by atomic mass is 10.1. The first-order valence-corrected chi connectivity index (χ1v) is 7.13. The third-order valence-electron chi connectivity index (χ3n) is 2.55. The van der Waals surface area contributed by atoms with Gasteiger partial charge < -0.3 is 0 Å². The van der Waals surface area contributed by atoms with Gasteiger partial charge >= 0.3 is 0 Å². The van der Waals surface area contributed by atoms with Crippen molar-refractivity contribution in [3.05, 3.63) is 20.2 Å². The smallest absolute Gasteiger partial charge is 0.146 e. The maximum atomic E-state index is 6.14. The predicted molar refractivity (Wildman–Crippen MR) is 77.0 cm³/mol. The molecule has 0 saturated heterocycles. The van der Waals surface area contributed by atoms with Crippen LogP contribution >= 0.6 is 34.2 Å². The van der Waals surface area contributed by atoms with Crippen molar-refractivity contribution in [1.82, 2.24) is 9.97 Å². The standard InChI is InChI=1S/C12H18ClIN2/c1-5-8(4)12-15-9(6-7(2)3)10(14)11(13)16-12/h7-8H,5-6H2,1-4H3. The Kier molecular flexibility index (Phi) is 5.44. The monoisotopic (exact) mass is 352 g/mol. The van der Waals surface area contributed by atoms with Gasteiger partial charge in [0.2, 0.25) is 0 Å². The van der Waals surface area contributed by atoms with Crippen LogP contribution in [0.25, 0.3) is 0 Å². The van der Waals surface area contributed by atoms with Crippen LogP contribution in [-0.2, 0) is 6.42 Å². The molecule has 0 bridgehead atoms. The SMILES string of the molecule is CCC(C)c1nc(Cl)c(I)c(CC(C)C)n1. The molecule has 4 heteroatoms. The number of halogens is 2. The van der Waals surface area contributed by atoms with Crippen LogP contribution < -0.4 is 0 Å². The van der Waals surface area contributed by atoms with Crippen LogP contribution in [0.5, 0.6) is 0 Å². The zero-order valence-corrected chi connectivity index (χ0v) is 13.1. The summed E-state index contributed by atoms with van der Waals surface area (Å²) in [6, 6.07) is 0. The summed E-state index contributed by atoms with van der Waals surface area (Å²) < 4.78 is 1.00. The van der Waals surface area contributed by atoms with Crippen LogP contribution in [0, 0.1) is 9.49 Å². The summed E-state index contributed by atoms with van der Waals surface area (Å²) in [5, 5.41) is 0.599. The highest BCUT2D eigenvalue weighted by molar-refractivity contribution is 14.1. The molecule has 1 atom stereocenters. The van der Waals surface area contributed by atoms with Crippen molar-refractivity contribution in [2.45, 2.75) is 46.5 Å². The van der Waals surface area contributed by atoms with Gasteiger partial charge in [-0.25, -0.2) is 9.97 Å². The largest absolute Gasteiger partial charge is 0.236 e. The molecule has 0 amide bonds. The van der Waals surface area contributed by atoms with Crippen molar-refractivity contribution in [2.24, 2.45) is 5.92 Å². The molecule has 0 aliphatic heterocycles. The lowest BCUT2D eigenvalue weighted by Gasteiger charge is -2.13. The van der Waals surface area contributed by atoms with Crippen LogP contribution in [0.1, 0.15) is 51.6 Å². The maximum absolute atomic E-state index is 6.14. The van der Waals surface area contributed by atoms with Crippen LogP contribution in [0.2, 0.25) is 5.15 Å². The highest BCUT2D eigenvalue weighted by Crippen LogP contribution is 2.24. The molecule has 1 unspecified atom stereocenters. The molecule has 0 saturated carbocycles. The summed E-state index contributed by atoms with van der Waals surface area (Å²) in [6.45, 7) is 8.66. The molecule has 1 aromatic rings. The number of aromatic nitrogens is 2. The minimum atomic E-state index is 0.375. The lowest BCUT2D eigenvalue weighted by molar-refractivity contribution is 0.613. The van der Waals surface area contributed by atoms with Crippen molar-refractivity contribution < 1.29 is 0 Å². The maximum Gasteiger partial charge on any atom is 0.146 e. The van der Waals surface area contributed by atoms with Crippen molar-refractivity contribution >= 4 is 34.2 Å². The van der Waals surface area contributed by atoms with Gasteiger partial charge in [-0.15, -0.1) is 0 Å². The molecule has 0 N–H and O–H groups in total. The van der Waals surface area contributed by atoms with Crippen LogP contribution in [-0.4, -0.2) is 9.97 Å². The molecule has 2 nitrogen and oxygen atoms in total. The molecular formula is C12H18ClIN2. The van der Waals surface area contributed by atoms with Gasteiger partial charge in [0.1, 0.15) is 11.0 Å². The Labute approximate surface area is 116 Å². The second-order valence-electron chi connectivity index (χ2n) is 4.54. The molecule has 0 spiro atoms. The molecule has 16 heavy (non-hydrogen) atoms. The summed E-state index contributed by atoms with van der Waals surface area (Å²) in [6.07, 6.45) is 2.00. The number of hydrogen-bond donors (Lipinski definition) is 0. The molecule has 90 valence electrons. The average molecular weight is 353 g/mol. The molecule has 1 rings (SSSR count). The normalized spacial score (nSPS) is 13.2. The van der Waals surface area contributed by atoms with E-state index in [9.17, 15) is 0 Å². The van der Waals surface area contributed by atoms with E-state index in [1.807, 2.05) is 0 Å². The van der Waals surface area contributed by atoms with Crippen molar-refractivity contribution in [1.29, 1.82) is 0 Å². The molecular weight excluding hydrogens is 335 g/mol.